The van der Waals surface area contributed by atoms with E-state index < -0.39 is 5.97 Å². The van der Waals surface area contributed by atoms with Gasteiger partial charge in [-0.05, 0) is 27.8 Å². The first-order valence-corrected chi connectivity index (χ1v) is 5.82. The van der Waals surface area contributed by atoms with Crippen molar-refractivity contribution in [3.63, 3.8) is 0 Å². The Morgan fingerprint density at radius 1 is 1.12 bits per heavy atom. The Labute approximate surface area is 101 Å². The fraction of sp³-hybridized carbons (Fsp3) is 0.267. The summed E-state index contributed by atoms with van der Waals surface area (Å²) >= 11 is 0. The molecule has 0 fully saturated rings. The molecule has 0 unspecified atom stereocenters. The highest BCUT2D eigenvalue weighted by atomic mass is 16.4. The fourth-order valence-electron chi connectivity index (χ4n) is 2.22. The van der Waals surface area contributed by atoms with E-state index in [1.807, 2.05) is 24.3 Å². The molecule has 2 nitrogen and oxygen atoms in total. The van der Waals surface area contributed by atoms with Crippen molar-refractivity contribution < 1.29 is 9.90 Å². The number of aliphatic carboxylic acids is 1. The van der Waals surface area contributed by atoms with Crippen LogP contribution in [0.1, 0.15) is 30.9 Å². The number of rotatable bonds is 3. The van der Waals surface area contributed by atoms with E-state index >= 15 is 0 Å². The predicted octanol–water partition coefficient (Wildman–Crippen LogP) is 3.59. The second kappa shape index (κ2) is 4.58. The van der Waals surface area contributed by atoms with Crippen molar-refractivity contribution in [2.24, 2.45) is 0 Å². The molecule has 1 N–H and O–H groups in total. The van der Waals surface area contributed by atoms with Crippen molar-refractivity contribution in [2.75, 3.05) is 0 Å². The minimum absolute atomic E-state index is 0.0822. The maximum atomic E-state index is 10.8. The fourth-order valence-corrected chi connectivity index (χ4v) is 2.22. The number of carboxylic acids is 1. The van der Waals surface area contributed by atoms with Crippen molar-refractivity contribution in [1.29, 1.82) is 0 Å². The maximum Gasteiger partial charge on any atom is 0.307 e. The highest BCUT2D eigenvalue weighted by Gasteiger charge is 2.09. The first-order chi connectivity index (χ1) is 8.09. The van der Waals surface area contributed by atoms with E-state index in [1.54, 1.807) is 0 Å². The van der Waals surface area contributed by atoms with Crippen LogP contribution in [0.25, 0.3) is 10.8 Å². The van der Waals surface area contributed by atoms with Gasteiger partial charge in [-0.2, -0.15) is 0 Å². The zero-order chi connectivity index (χ0) is 12.4. The Bertz CT molecular complexity index is 556. The van der Waals surface area contributed by atoms with Crippen LogP contribution in [-0.2, 0) is 11.2 Å². The lowest BCUT2D eigenvalue weighted by Gasteiger charge is -2.12. The molecule has 88 valence electrons. The molecule has 0 saturated heterocycles. The summed E-state index contributed by atoms with van der Waals surface area (Å²) in [6, 6.07) is 12.0. The van der Waals surface area contributed by atoms with Crippen LogP contribution in [0.2, 0.25) is 0 Å². The van der Waals surface area contributed by atoms with Gasteiger partial charge in [-0.1, -0.05) is 50.2 Å². The molecule has 0 radical (unpaired) electrons. The molecule has 0 aliphatic heterocycles. The Morgan fingerprint density at radius 2 is 1.76 bits per heavy atom. The summed E-state index contributed by atoms with van der Waals surface area (Å²) in [6.45, 7) is 4.30. The molecule has 0 saturated carbocycles. The summed E-state index contributed by atoms with van der Waals surface area (Å²) in [5.74, 6) is -0.341. The lowest BCUT2D eigenvalue weighted by Crippen LogP contribution is -2.01. The molecule has 17 heavy (non-hydrogen) atoms. The third-order valence-electron chi connectivity index (χ3n) is 3.01. The van der Waals surface area contributed by atoms with E-state index in [0.717, 1.165) is 10.9 Å². The van der Waals surface area contributed by atoms with E-state index in [2.05, 4.69) is 26.0 Å². The predicted molar refractivity (Wildman–Crippen MR) is 69.4 cm³/mol. The van der Waals surface area contributed by atoms with Gasteiger partial charge in [0.25, 0.3) is 0 Å². The molecular weight excluding hydrogens is 212 g/mol. The largest absolute Gasteiger partial charge is 0.481 e. The summed E-state index contributed by atoms with van der Waals surface area (Å²) in [5, 5.41) is 11.1. The number of benzene rings is 2. The minimum atomic E-state index is -0.785. The van der Waals surface area contributed by atoms with Crippen molar-refractivity contribution in [3.05, 3.63) is 47.5 Å². The van der Waals surface area contributed by atoms with E-state index in [0.29, 0.717) is 5.92 Å². The number of carbonyl (C=O) groups is 1. The van der Waals surface area contributed by atoms with Crippen molar-refractivity contribution in [2.45, 2.75) is 26.2 Å². The number of carboxylic acid groups (broad SMARTS) is 1. The van der Waals surface area contributed by atoms with Crippen molar-refractivity contribution in [1.82, 2.24) is 0 Å². The first-order valence-electron chi connectivity index (χ1n) is 5.82. The van der Waals surface area contributed by atoms with Gasteiger partial charge in [0, 0.05) is 0 Å². The second-order valence-corrected chi connectivity index (χ2v) is 4.58. The summed E-state index contributed by atoms with van der Waals surface area (Å²) in [7, 11) is 0. The molecule has 0 aliphatic rings. The summed E-state index contributed by atoms with van der Waals surface area (Å²) < 4.78 is 0. The van der Waals surface area contributed by atoms with E-state index in [-0.39, 0.29) is 6.42 Å². The maximum absolute atomic E-state index is 10.8. The smallest absolute Gasteiger partial charge is 0.307 e. The van der Waals surface area contributed by atoms with Gasteiger partial charge in [-0.3, -0.25) is 4.79 Å². The molecule has 2 heteroatoms. The van der Waals surface area contributed by atoms with Crippen LogP contribution in [0.4, 0.5) is 0 Å². The van der Waals surface area contributed by atoms with Gasteiger partial charge < -0.3 is 5.11 Å². The SMILES string of the molecule is CC(C)c1cccc2c(CC(=O)O)cccc12. The van der Waals surface area contributed by atoms with Gasteiger partial charge in [0.1, 0.15) is 0 Å². The quantitative estimate of drug-likeness (QED) is 0.871. The number of fused-ring (bicyclic) bond motifs is 1. The van der Waals surface area contributed by atoms with Crippen LogP contribution < -0.4 is 0 Å². The molecule has 0 aromatic heterocycles. The van der Waals surface area contributed by atoms with Crippen LogP contribution in [0, 0.1) is 0 Å². The average molecular weight is 228 g/mol. The Kier molecular flexibility index (Phi) is 3.14. The van der Waals surface area contributed by atoms with Crippen LogP contribution in [0.15, 0.2) is 36.4 Å². The Hall–Kier alpha value is -1.83. The summed E-state index contributed by atoms with van der Waals surface area (Å²) in [4.78, 5) is 10.8. The molecule has 2 aromatic rings. The second-order valence-electron chi connectivity index (χ2n) is 4.58. The van der Waals surface area contributed by atoms with Gasteiger partial charge in [-0.15, -0.1) is 0 Å². The topological polar surface area (TPSA) is 37.3 Å². The summed E-state index contributed by atoms with van der Waals surface area (Å²) in [5.41, 5.74) is 2.16. The summed E-state index contributed by atoms with van der Waals surface area (Å²) in [6.07, 6.45) is 0.0822. The van der Waals surface area contributed by atoms with Crippen LogP contribution in [-0.4, -0.2) is 11.1 Å². The highest BCUT2D eigenvalue weighted by Crippen LogP contribution is 2.27. The molecule has 0 amide bonds. The van der Waals surface area contributed by atoms with Crippen LogP contribution >= 0.6 is 0 Å². The first kappa shape index (κ1) is 11.6. The molecule has 0 heterocycles. The molecule has 0 aliphatic carbocycles. The van der Waals surface area contributed by atoms with Crippen LogP contribution in [0.3, 0.4) is 0 Å². The standard InChI is InChI=1S/C15H16O2/c1-10(2)12-6-4-7-13-11(9-15(16)17)5-3-8-14(12)13/h3-8,10H,9H2,1-2H3,(H,16,17). The number of hydrogen-bond donors (Lipinski definition) is 1. The van der Waals surface area contributed by atoms with Gasteiger partial charge in [0.05, 0.1) is 6.42 Å². The van der Waals surface area contributed by atoms with Crippen molar-refractivity contribution >= 4 is 16.7 Å². The normalized spacial score (nSPS) is 11.0. The van der Waals surface area contributed by atoms with Gasteiger partial charge in [0.15, 0.2) is 0 Å². The van der Waals surface area contributed by atoms with Crippen molar-refractivity contribution in [3.8, 4) is 0 Å². The van der Waals surface area contributed by atoms with E-state index in [4.69, 9.17) is 5.11 Å². The highest BCUT2D eigenvalue weighted by molar-refractivity contribution is 5.91. The monoisotopic (exact) mass is 228 g/mol. The van der Waals surface area contributed by atoms with Crippen LogP contribution in [0.5, 0.6) is 0 Å². The molecule has 2 rings (SSSR count). The molecule has 0 spiro atoms. The lowest BCUT2D eigenvalue weighted by atomic mass is 9.93. The average Bonchev–Trinajstić information content (AvgIpc) is 2.28. The van der Waals surface area contributed by atoms with Gasteiger partial charge in [0.2, 0.25) is 0 Å². The minimum Gasteiger partial charge on any atom is -0.481 e. The van der Waals surface area contributed by atoms with E-state index in [1.165, 1.54) is 10.9 Å². The molecular formula is C15H16O2. The zero-order valence-electron chi connectivity index (χ0n) is 10.1. The molecule has 2 aromatic carbocycles. The third kappa shape index (κ3) is 2.31. The van der Waals surface area contributed by atoms with Gasteiger partial charge in [-0.25, -0.2) is 0 Å². The van der Waals surface area contributed by atoms with E-state index in [9.17, 15) is 4.79 Å². The molecule has 0 bridgehead atoms. The third-order valence-corrected chi connectivity index (χ3v) is 3.01. The zero-order valence-corrected chi connectivity index (χ0v) is 10.1. The Morgan fingerprint density at radius 3 is 2.41 bits per heavy atom. The molecule has 0 atom stereocenters. The van der Waals surface area contributed by atoms with Gasteiger partial charge >= 0.3 is 5.97 Å². The lowest BCUT2D eigenvalue weighted by molar-refractivity contribution is -0.136. The number of hydrogen-bond acceptors (Lipinski definition) is 1. The Balaban J connectivity index is 2.65.